The number of benzene rings is 1. The summed E-state index contributed by atoms with van der Waals surface area (Å²) in [5.74, 6) is 0.534. The Morgan fingerprint density at radius 1 is 1.44 bits per heavy atom. The largest absolute Gasteiger partial charge is 0.341 e. The molecular weight excluding hydrogens is 253 g/mol. The average molecular weight is 266 g/mol. The molecule has 94 valence electrons. The number of hydrogen-bond acceptors (Lipinski definition) is 2. The number of imidazole rings is 1. The van der Waals surface area contributed by atoms with Crippen molar-refractivity contribution in [1.82, 2.24) is 9.97 Å². The highest BCUT2D eigenvalue weighted by atomic mass is 35.5. The first kappa shape index (κ1) is 11.7. The highest BCUT2D eigenvalue weighted by molar-refractivity contribution is 6.30. The fourth-order valence-corrected chi connectivity index (χ4v) is 2.29. The molecule has 5 heteroatoms. The summed E-state index contributed by atoms with van der Waals surface area (Å²) in [6.07, 6.45) is 3.71. The van der Waals surface area contributed by atoms with Gasteiger partial charge in [0.2, 0.25) is 0 Å². The van der Waals surface area contributed by atoms with Gasteiger partial charge in [-0.3, -0.25) is 0 Å². The van der Waals surface area contributed by atoms with Crippen molar-refractivity contribution in [3.63, 3.8) is 0 Å². The molecule has 0 saturated heterocycles. The van der Waals surface area contributed by atoms with Crippen molar-refractivity contribution in [2.45, 2.75) is 18.3 Å². The van der Waals surface area contributed by atoms with Gasteiger partial charge in [-0.05, 0) is 31.0 Å². The highest BCUT2D eigenvalue weighted by Crippen LogP contribution is 2.46. The minimum atomic E-state index is -0.313. The minimum absolute atomic E-state index is 0.0205. The molecule has 0 amide bonds. The number of nitrogens with zero attached hydrogens (tertiary/aromatic N) is 1. The summed E-state index contributed by atoms with van der Waals surface area (Å²) in [5, 5.41) is 0.502. The fourth-order valence-electron chi connectivity index (χ4n) is 2.12. The molecule has 1 heterocycles. The van der Waals surface area contributed by atoms with E-state index in [1.54, 1.807) is 12.3 Å². The molecule has 1 saturated carbocycles. The van der Waals surface area contributed by atoms with E-state index < -0.39 is 0 Å². The first-order chi connectivity index (χ1) is 8.64. The maximum absolute atomic E-state index is 13.7. The van der Waals surface area contributed by atoms with Crippen LogP contribution < -0.4 is 5.73 Å². The van der Waals surface area contributed by atoms with Gasteiger partial charge in [0.25, 0.3) is 0 Å². The number of H-pyrrole nitrogens is 1. The maximum Gasteiger partial charge on any atom is 0.132 e. The Labute approximate surface area is 109 Å². The van der Waals surface area contributed by atoms with Gasteiger partial charge in [0.05, 0.1) is 11.9 Å². The van der Waals surface area contributed by atoms with Crippen LogP contribution in [0.5, 0.6) is 0 Å². The Morgan fingerprint density at radius 2 is 2.22 bits per heavy atom. The molecule has 0 aliphatic heterocycles. The first-order valence-corrected chi connectivity index (χ1v) is 6.23. The van der Waals surface area contributed by atoms with Crippen LogP contribution >= 0.6 is 11.6 Å². The van der Waals surface area contributed by atoms with E-state index in [4.69, 9.17) is 17.3 Å². The molecule has 18 heavy (non-hydrogen) atoms. The van der Waals surface area contributed by atoms with E-state index in [1.807, 2.05) is 0 Å². The molecular formula is C13H13ClFN3. The van der Waals surface area contributed by atoms with E-state index in [2.05, 4.69) is 9.97 Å². The lowest BCUT2D eigenvalue weighted by Crippen LogP contribution is -2.21. The van der Waals surface area contributed by atoms with Crippen LogP contribution in [0.2, 0.25) is 5.02 Å². The Bertz CT molecular complexity index is 590. The Hall–Kier alpha value is -1.39. The smallest absolute Gasteiger partial charge is 0.132 e. The fraction of sp³-hybridized carbons (Fsp3) is 0.308. The summed E-state index contributed by atoms with van der Waals surface area (Å²) >= 11 is 5.88. The van der Waals surface area contributed by atoms with Gasteiger partial charge in [-0.1, -0.05) is 11.6 Å². The average Bonchev–Trinajstić information content (AvgIpc) is 3.02. The minimum Gasteiger partial charge on any atom is -0.341 e. The maximum atomic E-state index is 13.7. The van der Waals surface area contributed by atoms with E-state index in [1.165, 1.54) is 12.1 Å². The monoisotopic (exact) mass is 265 g/mol. The van der Waals surface area contributed by atoms with Crippen molar-refractivity contribution in [2.24, 2.45) is 5.73 Å². The molecule has 0 bridgehead atoms. The van der Waals surface area contributed by atoms with Crippen molar-refractivity contribution in [3.8, 4) is 11.3 Å². The molecule has 1 aliphatic rings. The summed E-state index contributed by atoms with van der Waals surface area (Å²) in [4.78, 5) is 7.48. The summed E-state index contributed by atoms with van der Waals surface area (Å²) in [6.45, 7) is 0.567. The second-order valence-corrected chi connectivity index (χ2v) is 5.19. The molecule has 3 N–H and O–H groups in total. The third-order valence-corrected chi connectivity index (χ3v) is 3.78. The van der Waals surface area contributed by atoms with Gasteiger partial charge >= 0.3 is 0 Å². The molecule has 3 rings (SSSR count). The molecule has 2 aromatic rings. The van der Waals surface area contributed by atoms with E-state index in [-0.39, 0.29) is 11.2 Å². The Morgan fingerprint density at radius 3 is 2.89 bits per heavy atom. The van der Waals surface area contributed by atoms with Crippen LogP contribution in [0.25, 0.3) is 11.3 Å². The summed E-state index contributed by atoms with van der Waals surface area (Å²) in [6, 6.07) is 4.48. The van der Waals surface area contributed by atoms with Gasteiger partial charge in [0.1, 0.15) is 11.6 Å². The van der Waals surface area contributed by atoms with E-state index in [0.717, 1.165) is 18.7 Å². The van der Waals surface area contributed by atoms with Crippen molar-refractivity contribution in [2.75, 3.05) is 6.54 Å². The number of nitrogens with one attached hydrogen (secondary N) is 1. The third kappa shape index (κ3) is 1.82. The number of hydrogen-bond donors (Lipinski definition) is 2. The molecule has 1 aromatic carbocycles. The number of nitrogens with two attached hydrogens (primary N) is 1. The molecule has 3 nitrogen and oxygen atoms in total. The standard InChI is InChI=1S/C13H13ClFN3/c14-8-1-2-10(15)9(5-8)11-6-17-12(18-11)13(7-16)3-4-13/h1-2,5-6H,3-4,7,16H2,(H,17,18). The molecule has 0 radical (unpaired) electrons. The number of halogens is 2. The Kier molecular flexibility index (Phi) is 2.64. The number of aromatic nitrogens is 2. The van der Waals surface area contributed by atoms with Gasteiger partial charge in [-0.2, -0.15) is 0 Å². The van der Waals surface area contributed by atoms with Crippen molar-refractivity contribution < 1.29 is 4.39 Å². The summed E-state index contributed by atoms with van der Waals surface area (Å²) in [7, 11) is 0. The van der Waals surface area contributed by atoms with Crippen LogP contribution in [-0.4, -0.2) is 16.5 Å². The topological polar surface area (TPSA) is 54.7 Å². The van der Waals surface area contributed by atoms with Crippen LogP contribution in [0.15, 0.2) is 24.4 Å². The van der Waals surface area contributed by atoms with Gasteiger partial charge in [0.15, 0.2) is 0 Å². The lowest BCUT2D eigenvalue weighted by molar-refractivity contribution is 0.630. The highest BCUT2D eigenvalue weighted by Gasteiger charge is 2.45. The lowest BCUT2D eigenvalue weighted by Gasteiger charge is -2.07. The second-order valence-electron chi connectivity index (χ2n) is 4.75. The third-order valence-electron chi connectivity index (χ3n) is 3.54. The van der Waals surface area contributed by atoms with Crippen molar-refractivity contribution in [1.29, 1.82) is 0 Å². The summed E-state index contributed by atoms with van der Waals surface area (Å²) in [5.41, 5.74) is 6.81. The molecule has 0 atom stereocenters. The van der Waals surface area contributed by atoms with E-state index in [0.29, 0.717) is 22.8 Å². The summed E-state index contributed by atoms with van der Waals surface area (Å²) < 4.78 is 13.7. The van der Waals surface area contributed by atoms with Crippen LogP contribution in [0, 0.1) is 5.82 Å². The van der Waals surface area contributed by atoms with Gasteiger partial charge in [-0.15, -0.1) is 0 Å². The molecule has 0 spiro atoms. The SMILES string of the molecule is NCC1(c2ncc(-c3cc(Cl)ccc3F)[nH]2)CC1. The number of rotatable bonds is 3. The zero-order valence-electron chi connectivity index (χ0n) is 9.71. The van der Waals surface area contributed by atoms with Crippen molar-refractivity contribution in [3.05, 3.63) is 41.1 Å². The number of aromatic amines is 1. The van der Waals surface area contributed by atoms with Crippen LogP contribution in [-0.2, 0) is 5.41 Å². The first-order valence-electron chi connectivity index (χ1n) is 5.86. The van der Waals surface area contributed by atoms with Crippen LogP contribution in [0.1, 0.15) is 18.7 Å². The van der Waals surface area contributed by atoms with Crippen molar-refractivity contribution >= 4 is 11.6 Å². The molecule has 1 aliphatic carbocycles. The molecule has 1 aromatic heterocycles. The van der Waals surface area contributed by atoms with E-state index in [9.17, 15) is 4.39 Å². The van der Waals surface area contributed by atoms with E-state index >= 15 is 0 Å². The lowest BCUT2D eigenvalue weighted by atomic mass is 10.1. The zero-order valence-corrected chi connectivity index (χ0v) is 10.5. The predicted octanol–water partition coefficient (Wildman–Crippen LogP) is 2.86. The van der Waals surface area contributed by atoms with Gasteiger partial charge in [0, 0.05) is 22.5 Å². The normalized spacial score (nSPS) is 16.8. The molecule has 1 fully saturated rings. The quantitative estimate of drug-likeness (QED) is 0.897. The van der Waals surface area contributed by atoms with Crippen LogP contribution in [0.4, 0.5) is 4.39 Å². The second kappa shape index (κ2) is 4.07. The predicted molar refractivity (Wildman–Crippen MR) is 69.0 cm³/mol. The van der Waals surface area contributed by atoms with Gasteiger partial charge < -0.3 is 10.7 Å². The van der Waals surface area contributed by atoms with Crippen LogP contribution in [0.3, 0.4) is 0 Å². The zero-order chi connectivity index (χ0) is 12.8. The molecule has 0 unspecified atom stereocenters. The Balaban J connectivity index is 2.00. The van der Waals surface area contributed by atoms with Gasteiger partial charge in [-0.25, -0.2) is 9.37 Å².